The van der Waals surface area contributed by atoms with Crippen LogP contribution in [0.4, 0.5) is 11.4 Å². The quantitative estimate of drug-likeness (QED) is 0.0474. The van der Waals surface area contributed by atoms with Gasteiger partial charge in [0.05, 0.1) is 0 Å². The Morgan fingerprint density at radius 1 is 0.389 bits per heavy atom. The first-order chi connectivity index (χ1) is 26.4. The van der Waals surface area contributed by atoms with E-state index in [-0.39, 0.29) is 0 Å². The Morgan fingerprint density at radius 2 is 0.722 bits per heavy atom. The summed E-state index contributed by atoms with van der Waals surface area (Å²) in [6, 6.07) is 32.2. The zero-order valence-corrected chi connectivity index (χ0v) is 34.9. The molecule has 2 heteroatoms. The number of hydrogen-bond acceptors (Lipinski definition) is 2. The lowest BCUT2D eigenvalue weighted by Crippen LogP contribution is -2.05. The molecule has 54 heavy (non-hydrogen) atoms. The maximum atomic E-state index is 6.15. The van der Waals surface area contributed by atoms with Crippen molar-refractivity contribution in [3.8, 4) is 0 Å². The Bertz CT molecular complexity index is 1460. The second-order valence-corrected chi connectivity index (χ2v) is 16.6. The molecule has 0 bridgehead atoms. The van der Waals surface area contributed by atoms with E-state index in [9.17, 15) is 0 Å². The molecule has 2 atom stereocenters. The lowest BCUT2D eigenvalue weighted by molar-refractivity contribution is 0.551. The Balaban J connectivity index is 1.28. The highest BCUT2D eigenvalue weighted by molar-refractivity contribution is 5.49. The van der Waals surface area contributed by atoms with Crippen molar-refractivity contribution in [2.45, 2.75) is 181 Å². The van der Waals surface area contributed by atoms with E-state index in [0.717, 1.165) is 24.2 Å². The number of anilines is 2. The van der Waals surface area contributed by atoms with Crippen molar-refractivity contribution in [2.24, 2.45) is 0 Å². The van der Waals surface area contributed by atoms with Gasteiger partial charge >= 0.3 is 0 Å². The predicted octanol–water partition coefficient (Wildman–Crippen LogP) is 15.4. The zero-order chi connectivity index (χ0) is 38.4. The summed E-state index contributed by atoms with van der Waals surface area (Å²) < 4.78 is 0. The summed E-state index contributed by atoms with van der Waals surface area (Å²) in [4.78, 5) is 0. The first-order valence-electron chi connectivity index (χ1n) is 22.3. The maximum absolute atomic E-state index is 6.15. The van der Waals surface area contributed by atoms with Crippen LogP contribution in [0.1, 0.15) is 199 Å². The van der Waals surface area contributed by atoms with Gasteiger partial charge in [-0.15, -0.1) is 0 Å². The van der Waals surface area contributed by atoms with Crippen LogP contribution in [-0.2, 0) is 12.8 Å². The van der Waals surface area contributed by atoms with Gasteiger partial charge in [0.25, 0.3) is 0 Å². The van der Waals surface area contributed by atoms with E-state index in [4.69, 9.17) is 11.5 Å². The Hall–Kier alpha value is -3.52. The van der Waals surface area contributed by atoms with E-state index in [1.807, 2.05) is 0 Å². The van der Waals surface area contributed by atoms with Crippen molar-refractivity contribution in [1.82, 2.24) is 0 Å². The highest BCUT2D eigenvalue weighted by Gasteiger charge is 2.18. The van der Waals surface area contributed by atoms with Gasteiger partial charge in [0.2, 0.25) is 0 Å². The van der Waals surface area contributed by atoms with E-state index in [1.54, 1.807) is 0 Å². The number of unbranched alkanes of at least 4 members (excludes halogenated alkanes) is 15. The van der Waals surface area contributed by atoms with Crippen LogP contribution in [0, 0.1) is 13.8 Å². The molecule has 0 aliphatic rings. The molecule has 2 nitrogen and oxygen atoms in total. The van der Waals surface area contributed by atoms with Gasteiger partial charge in [-0.25, -0.2) is 0 Å². The molecule has 0 aliphatic carbocycles. The van der Waals surface area contributed by atoms with Gasteiger partial charge in [0.1, 0.15) is 0 Å². The fraction of sp³-hybridized carbons (Fsp3) is 0.538. The van der Waals surface area contributed by atoms with Gasteiger partial charge in [0.15, 0.2) is 0 Å². The van der Waals surface area contributed by atoms with Gasteiger partial charge in [-0.2, -0.15) is 0 Å². The summed E-state index contributed by atoms with van der Waals surface area (Å²) in [6.45, 7) is 9.05. The third-order valence-electron chi connectivity index (χ3n) is 12.0. The molecular formula is C52H76N2. The monoisotopic (exact) mass is 729 g/mol. The summed E-state index contributed by atoms with van der Waals surface area (Å²) in [7, 11) is 0. The van der Waals surface area contributed by atoms with Crippen LogP contribution >= 0.6 is 0 Å². The topological polar surface area (TPSA) is 52.0 Å². The van der Waals surface area contributed by atoms with Gasteiger partial charge in [-0.1, -0.05) is 177 Å². The molecule has 0 saturated heterocycles. The van der Waals surface area contributed by atoms with Crippen LogP contribution in [0.3, 0.4) is 0 Å². The van der Waals surface area contributed by atoms with Gasteiger partial charge in [-0.3, -0.25) is 0 Å². The van der Waals surface area contributed by atoms with Gasteiger partial charge in [0, 0.05) is 23.2 Å². The largest absolute Gasteiger partial charge is 0.399 e. The molecule has 4 aromatic rings. The number of aryl methyl sites for hydroxylation is 4. The first-order valence-corrected chi connectivity index (χ1v) is 22.3. The minimum Gasteiger partial charge on any atom is -0.399 e. The maximum Gasteiger partial charge on any atom is 0.0316 e. The summed E-state index contributed by atoms with van der Waals surface area (Å²) in [5.74, 6) is 0.873. The summed E-state index contributed by atoms with van der Waals surface area (Å²) in [6.07, 6.45) is 28.8. The minimum absolute atomic E-state index is 0.437. The smallest absolute Gasteiger partial charge is 0.0316 e. The van der Waals surface area contributed by atoms with Crippen molar-refractivity contribution in [1.29, 1.82) is 0 Å². The van der Waals surface area contributed by atoms with Gasteiger partial charge < -0.3 is 11.5 Å². The second-order valence-electron chi connectivity index (χ2n) is 16.6. The molecule has 294 valence electrons. The van der Waals surface area contributed by atoms with Crippen molar-refractivity contribution in [2.75, 3.05) is 11.5 Å². The van der Waals surface area contributed by atoms with E-state index in [0.29, 0.717) is 11.8 Å². The molecule has 0 heterocycles. The zero-order valence-electron chi connectivity index (χ0n) is 34.9. The lowest BCUT2D eigenvalue weighted by atomic mass is 9.83. The Kier molecular flexibility index (Phi) is 19.8. The molecule has 0 spiro atoms. The third-order valence-corrected chi connectivity index (χ3v) is 12.0. The van der Waals surface area contributed by atoms with E-state index in [1.165, 1.54) is 173 Å². The van der Waals surface area contributed by atoms with Crippen molar-refractivity contribution in [3.05, 3.63) is 129 Å². The van der Waals surface area contributed by atoms with Crippen molar-refractivity contribution in [3.63, 3.8) is 0 Å². The van der Waals surface area contributed by atoms with Crippen LogP contribution in [0.15, 0.2) is 84.9 Å². The van der Waals surface area contributed by atoms with Crippen LogP contribution in [-0.4, -0.2) is 0 Å². The Morgan fingerprint density at radius 3 is 1.06 bits per heavy atom. The van der Waals surface area contributed by atoms with Crippen molar-refractivity contribution < 1.29 is 0 Å². The SMILES string of the molecule is CCCCCCCCCCC(c1ccc(CCCCc2ccc(C(CCCCCCCCCC)c3ccc(N)cc3C)cc2)cc1)c1ccc(N)cc1C. The van der Waals surface area contributed by atoms with Crippen LogP contribution < -0.4 is 11.5 Å². The molecular weight excluding hydrogens is 653 g/mol. The molecule has 0 radical (unpaired) electrons. The molecule has 2 unspecified atom stereocenters. The van der Waals surface area contributed by atoms with Gasteiger partial charge in [-0.05, 0) is 121 Å². The molecule has 0 aromatic heterocycles. The molecule has 4 N–H and O–H groups in total. The second kappa shape index (κ2) is 24.8. The van der Waals surface area contributed by atoms with Crippen molar-refractivity contribution >= 4 is 11.4 Å². The molecule has 0 amide bonds. The molecule has 4 aromatic carbocycles. The summed E-state index contributed by atoms with van der Waals surface area (Å²) >= 11 is 0. The lowest BCUT2D eigenvalue weighted by Gasteiger charge is -2.21. The minimum atomic E-state index is 0.437. The number of nitrogens with two attached hydrogens (primary N) is 2. The highest BCUT2D eigenvalue weighted by atomic mass is 14.5. The molecule has 0 saturated carbocycles. The van der Waals surface area contributed by atoms with Crippen LogP contribution in [0.25, 0.3) is 0 Å². The first kappa shape index (κ1) is 43.2. The molecule has 0 fully saturated rings. The number of benzene rings is 4. The fourth-order valence-corrected chi connectivity index (χ4v) is 8.64. The molecule has 4 rings (SSSR count). The summed E-state index contributed by atoms with van der Waals surface area (Å²) in [5, 5.41) is 0. The standard InChI is InChI=1S/C52H76N2/c1-5-7-9-11-13-15-17-19-25-51(49-37-35-47(53)39-41(49)3)45-31-27-43(28-32-45)23-21-22-24-44-29-33-46(34-30-44)52(50-38-36-48(54)40-42(50)4)26-20-18-16-14-12-10-8-6-2/h27-40,51-52H,5-26,53-54H2,1-4H3. The predicted molar refractivity (Wildman–Crippen MR) is 239 cm³/mol. The fourth-order valence-electron chi connectivity index (χ4n) is 8.64. The number of rotatable bonds is 27. The summed E-state index contributed by atoms with van der Waals surface area (Å²) in [5.41, 5.74) is 25.3. The third kappa shape index (κ3) is 15.0. The van der Waals surface area contributed by atoms with E-state index in [2.05, 4.69) is 113 Å². The molecule has 0 aliphatic heterocycles. The number of nitrogen functional groups attached to an aromatic ring is 2. The highest BCUT2D eigenvalue weighted by Crippen LogP contribution is 2.35. The normalized spacial score (nSPS) is 12.6. The van der Waals surface area contributed by atoms with E-state index < -0.39 is 0 Å². The average molecular weight is 729 g/mol. The van der Waals surface area contributed by atoms with E-state index >= 15 is 0 Å². The average Bonchev–Trinajstić information content (AvgIpc) is 3.17. The van der Waals surface area contributed by atoms with Crippen LogP contribution in [0.2, 0.25) is 0 Å². The van der Waals surface area contributed by atoms with Crippen LogP contribution in [0.5, 0.6) is 0 Å². The Labute approximate surface area is 332 Å². The number of hydrogen-bond donors (Lipinski definition) is 2.